The van der Waals surface area contributed by atoms with Crippen molar-refractivity contribution in [3.63, 3.8) is 0 Å². The van der Waals surface area contributed by atoms with Crippen LogP contribution in [0, 0.1) is 11.8 Å². The molecule has 0 fully saturated rings. The topological polar surface area (TPSA) is 17.1 Å². The molecule has 0 saturated carbocycles. The van der Waals surface area contributed by atoms with E-state index in [0.717, 1.165) is 0 Å². The van der Waals surface area contributed by atoms with Gasteiger partial charge in [0, 0.05) is 11.1 Å². The molecule has 0 aliphatic carbocycles. The maximum Gasteiger partial charge on any atom is 0.265 e. The van der Waals surface area contributed by atoms with Crippen LogP contribution in [0.1, 0.15) is 24.0 Å². The second kappa shape index (κ2) is 5.13. The summed E-state index contributed by atoms with van der Waals surface area (Å²) in [7, 11) is 0. The molecular weight excluding hydrogens is 186 g/mol. The number of alkyl halides is 2. The van der Waals surface area contributed by atoms with Gasteiger partial charge in [0.15, 0.2) is 0 Å². The highest BCUT2D eigenvalue weighted by atomic mass is 19.3. The second-order valence-electron chi connectivity index (χ2n) is 2.56. The zero-order chi connectivity index (χ0) is 10.4. The number of hydrogen-bond acceptors (Lipinski definition) is 1. The minimum Gasteiger partial charge on any atom is -0.302 e. The van der Waals surface area contributed by atoms with Gasteiger partial charge < -0.3 is 4.79 Å². The minimum atomic E-state index is -2.53. The van der Waals surface area contributed by atoms with Gasteiger partial charge in [-0.05, 0) is 6.07 Å². The van der Waals surface area contributed by atoms with Crippen LogP contribution in [0.4, 0.5) is 8.78 Å². The molecule has 3 heteroatoms. The van der Waals surface area contributed by atoms with E-state index in [9.17, 15) is 13.6 Å². The Hall–Kier alpha value is -1.69. The average Bonchev–Trinajstić information content (AvgIpc) is 2.19. The molecule has 0 amide bonds. The summed E-state index contributed by atoms with van der Waals surface area (Å²) in [6, 6.07) is 6.01. The minimum absolute atomic E-state index is 0.0670. The van der Waals surface area contributed by atoms with Gasteiger partial charge >= 0.3 is 0 Å². The first-order valence-electron chi connectivity index (χ1n) is 4.05. The maximum absolute atomic E-state index is 12.4. The van der Waals surface area contributed by atoms with E-state index in [2.05, 4.69) is 11.8 Å². The van der Waals surface area contributed by atoms with Crippen molar-refractivity contribution in [2.75, 3.05) is 0 Å². The molecule has 0 atom stereocenters. The zero-order valence-electron chi connectivity index (χ0n) is 7.34. The monoisotopic (exact) mass is 194 g/mol. The number of benzene rings is 1. The number of hydrogen-bond donors (Lipinski definition) is 0. The summed E-state index contributed by atoms with van der Waals surface area (Å²) in [5, 5.41) is 0. The highest BCUT2D eigenvalue weighted by Crippen LogP contribution is 2.21. The van der Waals surface area contributed by atoms with E-state index in [4.69, 9.17) is 0 Å². The van der Waals surface area contributed by atoms with Crippen LogP contribution >= 0.6 is 0 Å². The largest absolute Gasteiger partial charge is 0.302 e. The lowest BCUT2D eigenvalue weighted by molar-refractivity contribution is -0.107. The Balaban J connectivity index is 2.97. The van der Waals surface area contributed by atoms with E-state index in [1.807, 2.05) is 0 Å². The predicted molar refractivity (Wildman–Crippen MR) is 49.0 cm³/mol. The third kappa shape index (κ3) is 2.67. The van der Waals surface area contributed by atoms with Crippen molar-refractivity contribution < 1.29 is 13.6 Å². The van der Waals surface area contributed by atoms with E-state index in [-0.39, 0.29) is 17.5 Å². The molecule has 0 spiro atoms. The molecule has 14 heavy (non-hydrogen) atoms. The third-order valence-corrected chi connectivity index (χ3v) is 1.60. The van der Waals surface area contributed by atoms with Gasteiger partial charge in [-0.1, -0.05) is 30.0 Å². The second-order valence-corrected chi connectivity index (χ2v) is 2.56. The maximum atomic E-state index is 12.4. The predicted octanol–water partition coefficient (Wildman–Crippen LogP) is 2.56. The molecule has 1 nitrogen and oxygen atoms in total. The zero-order valence-corrected chi connectivity index (χ0v) is 7.34. The van der Waals surface area contributed by atoms with Crippen molar-refractivity contribution in [2.45, 2.75) is 12.8 Å². The van der Waals surface area contributed by atoms with Gasteiger partial charge in [0.2, 0.25) is 0 Å². The lowest BCUT2D eigenvalue weighted by Crippen LogP contribution is -1.89. The highest BCUT2D eigenvalue weighted by molar-refractivity contribution is 5.55. The quantitative estimate of drug-likeness (QED) is 0.522. The van der Waals surface area contributed by atoms with Crippen molar-refractivity contribution in [3.8, 4) is 11.8 Å². The molecule has 0 aromatic heterocycles. The molecule has 1 aromatic rings. The number of aldehydes is 1. The lowest BCUT2D eigenvalue weighted by atomic mass is 10.1. The van der Waals surface area contributed by atoms with Crippen molar-refractivity contribution >= 4 is 6.29 Å². The highest BCUT2D eigenvalue weighted by Gasteiger charge is 2.09. The summed E-state index contributed by atoms with van der Waals surface area (Å²) < 4.78 is 24.8. The van der Waals surface area contributed by atoms with Crippen LogP contribution in [-0.4, -0.2) is 6.29 Å². The molecule has 0 saturated heterocycles. The van der Waals surface area contributed by atoms with E-state index in [1.54, 1.807) is 6.07 Å². The van der Waals surface area contributed by atoms with E-state index in [1.165, 1.54) is 18.2 Å². The fourth-order valence-electron chi connectivity index (χ4n) is 0.989. The molecule has 1 aromatic carbocycles. The number of carbonyl (C=O) groups excluding carboxylic acids is 1. The SMILES string of the molecule is O=CCC#Cc1ccccc1C(F)F. The van der Waals surface area contributed by atoms with Crippen molar-refractivity contribution in [1.82, 2.24) is 0 Å². The van der Waals surface area contributed by atoms with Gasteiger partial charge in [0.25, 0.3) is 6.43 Å². The van der Waals surface area contributed by atoms with Gasteiger partial charge in [0.05, 0.1) is 6.42 Å². The van der Waals surface area contributed by atoms with E-state index >= 15 is 0 Å². The summed E-state index contributed by atoms with van der Waals surface area (Å²) in [4.78, 5) is 9.96. The number of carbonyl (C=O) groups is 1. The van der Waals surface area contributed by atoms with Gasteiger partial charge in [-0.3, -0.25) is 0 Å². The number of rotatable bonds is 2. The summed E-state index contributed by atoms with van der Waals surface area (Å²) in [6.07, 6.45) is -1.83. The summed E-state index contributed by atoms with van der Waals surface area (Å²) in [6.45, 7) is 0. The summed E-state index contributed by atoms with van der Waals surface area (Å²) in [5.41, 5.74) is 0.190. The first-order chi connectivity index (χ1) is 6.75. The average molecular weight is 194 g/mol. The van der Waals surface area contributed by atoms with E-state index < -0.39 is 6.43 Å². The standard InChI is InChI=1S/C11H8F2O/c12-11(13)10-7-2-1-5-9(10)6-3-4-8-14/h1-2,5,7-8,11H,4H2. The Morgan fingerprint density at radius 1 is 1.36 bits per heavy atom. The summed E-state index contributed by atoms with van der Waals surface area (Å²) >= 11 is 0. The molecule has 1 rings (SSSR count). The fraction of sp³-hybridized carbons (Fsp3) is 0.182. The van der Waals surface area contributed by atoms with Crippen LogP contribution in [0.2, 0.25) is 0 Å². The first kappa shape index (κ1) is 10.4. The normalized spacial score (nSPS) is 9.36. The van der Waals surface area contributed by atoms with Crippen LogP contribution in [0.15, 0.2) is 24.3 Å². The molecule has 0 aliphatic heterocycles. The Morgan fingerprint density at radius 2 is 2.07 bits per heavy atom. The summed E-state index contributed by atoms with van der Waals surface area (Å²) in [5.74, 6) is 5.03. The smallest absolute Gasteiger partial charge is 0.265 e. The number of halogens is 2. The Kier molecular flexibility index (Phi) is 3.81. The van der Waals surface area contributed by atoms with Gasteiger partial charge in [-0.15, -0.1) is 0 Å². The van der Waals surface area contributed by atoms with Crippen LogP contribution in [0.3, 0.4) is 0 Å². The van der Waals surface area contributed by atoms with E-state index in [0.29, 0.717) is 6.29 Å². The fourth-order valence-corrected chi connectivity index (χ4v) is 0.989. The molecule has 0 heterocycles. The van der Waals surface area contributed by atoms with Gasteiger partial charge in [-0.25, -0.2) is 8.78 Å². The molecule has 0 aliphatic rings. The van der Waals surface area contributed by atoms with Crippen LogP contribution in [0.25, 0.3) is 0 Å². The third-order valence-electron chi connectivity index (χ3n) is 1.60. The molecule has 0 unspecified atom stereocenters. The van der Waals surface area contributed by atoms with Crippen LogP contribution in [0.5, 0.6) is 0 Å². The lowest BCUT2D eigenvalue weighted by Gasteiger charge is -2.01. The Labute approximate surface area is 80.7 Å². The van der Waals surface area contributed by atoms with Crippen molar-refractivity contribution in [1.29, 1.82) is 0 Å². The van der Waals surface area contributed by atoms with Gasteiger partial charge in [-0.2, -0.15) is 0 Å². The Morgan fingerprint density at radius 3 is 2.71 bits per heavy atom. The molecule has 0 radical (unpaired) electrons. The first-order valence-corrected chi connectivity index (χ1v) is 4.05. The van der Waals surface area contributed by atoms with Crippen molar-refractivity contribution in [3.05, 3.63) is 35.4 Å². The molecule has 72 valence electrons. The van der Waals surface area contributed by atoms with Gasteiger partial charge in [0.1, 0.15) is 6.29 Å². The van der Waals surface area contributed by atoms with Crippen molar-refractivity contribution in [2.24, 2.45) is 0 Å². The van der Waals surface area contributed by atoms with Crippen LogP contribution in [-0.2, 0) is 4.79 Å². The molecule has 0 N–H and O–H groups in total. The Bertz CT molecular complexity index is 374. The molecule has 0 bridgehead atoms. The van der Waals surface area contributed by atoms with Crippen LogP contribution < -0.4 is 0 Å². The molecular formula is C11H8F2O.